The van der Waals surface area contributed by atoms with Crippen molar-refractivity contribution in [3.63, 3.8) is 0 Å². The van der Waals surface area contributed by atoms with Gasteiger partial charge in [-0.25, -0.2) is 9.97 Å². The lowest BCUT2D eigenvalue weighted by atomic mass is 10.0. The highest BCUT2D eigenvalue weighted by Crippen LogP contribution is 2.32. The van der Waals surface area contributed by atoms with Gasteiger partial charge in [-0.3, -0.25) is 9.78 Å². The first kappa shape index (κ1) is 23.6. The van der Waals surface area contributed by atoms with E-state index in [0.29, 0.717) is 22.9 Å². The molecule has 5 rings (SSSR count). The van der Waals surface area contributed by atoms with Gasteiger partial charge in [0.2, 0.25) is 5.78 Å². The molecule has 2 aromatic carbocycles. The summed E-state index contributed by atoms with van der Waals surface area (Å²) in [7, 11) is 0. The molecular weight excluding hydrogens is 474 g/mol. The molecule has 0 aliphatic carbocycles. The highest BCUT2D eigenvalue weighted by Gasteiger charge is 2.18. The van der Waals surface area contributed by atoms with Crippen LogP contribution in [0.3, 0.4) is 0 Å². The fourth-order valence-electron chi connectivity index (χ4n) is 4.14. The normalized spacial score (nSPS) is 11.1. The molecular formula is C28H24ClN5O2. The molecule has 36 heavy (non-hydrogen) atoms. The van der Waals surface area contributed by atoms with Crippen LogP contribution in [0.1, 0.15) is 38.9 Å². The Kier molecular flexibility index (Phi) is 6.48. The summed E-state index contributed by atoms with van der Waals surface area (Å²) in [6.45, 7) is 6.19. The number of benzene rings is 2. The fourth-order valence-corrected chi connectivity index (χ4v) is 4.35. The molecule has 0 radical (unpaired) electrons. The predicted molar refractivity (Wildman–Crippen MR) is 140 cm³/mol. The van der Waals surface area contributed by atoms with Crippen molar-refractivity contribution in [2.24, 2.45) is 0 Å². The van der Waals surface area contributed by atoms with Crippen molar-refractivity contribution in [2.75, 3.05) is 5.32 Å². The van der Waals surface area contributed by atoms with E-state index in [0.717, 1.165) is 44.8 Å². The van der Waals surface area contributed by atoms with E-state index in [4.69, 9.17) is 16.1 Å². The van der Waals surface area contributed by atoms with Crippen molar-refractivity contribution in [1.29, 1.82) is 0 Å². The predicted octanol–water partition coefficient (Wildman–Crippen LogP) is 6.30. The molecule has 0 fully saturated rings. The molecule has 0 bridgehead atoms. The van der Waals surface area contributed by atoms with E-state index in [1.54, 1.807) is 6.20 Å². The summed E-state index contributed by atoms with van der Waals surface area (Å²) in [5.41, 5.74) is 6.06. The Morgan fingerprint density at radius 3 is 2.58 bits per heavy atom. The average Bonchev–Trinajstić information content (AvgIpc) is 3.21. The van der Waals surface area contributed by atoms with Crippen molar-refractivity contribution in [1.82, 2.24) is 20.1 Å². The van der Waals surface area contributed by atoms with Gasteiger partial charge in [-0.05, 0) is 67.8 Å². The van der Waals surface area contributed by atoms with Gasteiger partial charge in [0.05, 0.1) is 11.2 Å². The smallest absolute Gasteiger partial charge is 0.204 e. The SMILES string of the molecule is Cc1ccc(CC(=O)c2nc(NCc3cccc(Cl)c3)c3cc(-c4c(C)noc4C)ccc3n2)cn1. The summed E-state index contributed by atoms with van der Waals surface area (Å²) in [6, 6.07) is 17.2. The van der Waals surface area contributed by atoms with E-state index in [-0.39, 0.29) is 18.0 Å². The van der Waals surface area contributed by atoms with Crippen molar-refractivity contribution < 1.29 is 9.32 Å². The quantitative estimate of drug-likeness (QED) is 0.264. The highest BCUT2D eigenvalue weighted by molar-refractivity contribution is 6.30. The molecule has 5 aromatic rings. The molecule has 0 saturated carbocycles. The first-order valence-corrected chi connectivity index (χ1v) is 11.9. The van der Waals surface area contributed by atoms with Crippen LogP contribution >= 0.6 is 11.6 Å². The molecule has 1 N–H and O–H groups in total. The van der Waals surface area contributed by atoms with Gasteiger partial charge in [0.25, 0.3) is 0 Å². The van der Waals surface area contributed by atoms with E-state index in [1.807, 2.05) is 75.4 Å². The number of nitrogens with zero attached hydrogens (tertiary/aromatic N) is 4. The summed E-state index contributed by atoms with van der Waals surface area (Å²) >= 11 is 6.16. The van der Waals surface area contributed by atoms with Gasteiger partial charge in [-0.1, -0.05) is 41.0 Å². The first-order chi connectivity index (χ1) is 17.4. The van der Waals surface area contributed by atoms with Crippen LogP contribution in [0.15, 0.2) is 65.3 Å². The molecule has 3 aromatic heterocycles. The largest absolute Gasteiger partial charge is 0.365 e. The molecule has 180 valence electrons. The number of hydrogen-bond donors (Lipinski definition) is 1. The van der Waals surface area contributed by atoms with E-state index in [2.05, 4.69) is 25.4 Å². The maximum atomic E-state index is 13.1. The van der Waals surface area contributed by atoms with Gasteiger partial charge in [0.15, 0.2) is 5.82 Å². The number of fused-ring (bicyclic) bond motifs is 1. The number of anilines is 1. The molecule has 0 spiro atoms. The Hall–Kier alpha value is -4.10. The zero-order chi connectivity index (χ0) is 25.2. The first-order valence-electron chi connectivity index (χ1n) is 11.6. The Bertz CT molecular complexity index is 1560. The van der Waals surface area contributed by atoms with Crippen molar-refractivity contribution >= 4 is 34.1 Å². The lowest BCUT2D eigenvalue weighted by Crippen LogP contribution is -2.12. The van der Waals surface area contributed by atoms with Gasteiger partial charge in [0, 0.05) is 40.8 Å². The number of aryl methyl sites for hydroxylation is 3. The summed E-state index contributed by atoms with van der Waals surface area (Å²) in [5.74, 6) is 1.28. The number of carbonyl (C=O) groups is 1. The maximum Gasteiger partial charge on any atom is 0.204 e. The third-order valence-corrected chi connectivity index (χ3v) is 6.19. The second-order valence-corrected chi connectivity index (χ2v) is 9.15. The summed E-state index contributed by atoms with van der Waals surface area (Å²) in [5, 5.41) is 8.92. The van der Waals surface area contributed by atoms with Gasteiger partial charge in [-0.2, -0.15) is 0 Å². The Morgan fingerprint density at radius 2 is 1.86 bits per heavy atom. The zero-order valence-corrected chi connectivity index (χ0v) is 20.9. The number of Topliss-reactive ketones (excluding diaryl/α,β-unsaturated/α-hetero) is 1. The number of carbonyl (C=O) groups excluding carboxylic acids is 1. The van der Waals surface area contributed by atoms with Gasteiger partial charge in [-0.15, -0.1) is 0 Å². The number of hydrogen-bond acceptors (Lipinski definition) is 7. The third-order valence-electron chi connectivity index (χ3n) is 5.95. The van der Waals surface area contributed by atoms with Crippen LogP contribution < -0.4 is 5.32 Å². The van der Waals surface area contributed by atoms with Crippen LogP contribution in [-0.2, 0) is 13.0 Å². The Morgan fingerprint density at radius 1 is 1.00 bits per heavy atom. The van der Waals surface area contributed by atoms with Crippen molar-refractivity contribution in [2.45, 2.75) is 33.7 Å². The zero-order valence-electron chi connectivity index (χ0n) is 20.2. The van der Waals surface area contributed by atoms with Crippen LogP contribution in [0.25, 0.3) is 22.0 Å². The second-order valence-electron chi connectivity index (χ2n) is 8.72. The minimum absolute atomic E-state index is 0.154. The monoisotopic (exact) mass is 497 g/mol. The van der Waals surface area contributed by atoms with Crippen LogP contribution in [0, 0.1) is 20.8 Å². The van der Waals surface area contributed by atoms with Crippen LogP contribution in [0.4, 0.5) is 5.82 Å². The van der Waals surface area contributed by atoms with Crippen molar-refractivity contribution in [3.8, 4) is 11.1 Å². The lowest BCUT2D eigenvalue weighted by Gasteiger charge is -2.12. The highest BCUT2D eigenvalue weighted by atomic mass is 35.5. The number of ketones is 1. The molecule has 0 saturated heterocycles. The van der Waals surface area contributed by atoms with E-state index in [9.17, 15) is 4.79 Å². The number of aromatic nitrogens is 4. The van der Waals surface area contributed by atoms with Gasteiger partial charge < -0.3 is 9.84 Å². The summed E-state index contributed by atoms with van der Waals surface area (Å²) in [6.07, 6.45) is 1.88. The number of pyridine rings is 1. The standard InChI is InChI=1S/C28H24ClN5O2/c1-16-7-8-20(14-30-16)12-25(35)28-32-24-10-9-21(26-17(2)34-36-18(26)3)13-23(24)27(33-28)31-15-19-5-4-6-22(29)11-19/h4-11,13-14H,12,15H2,1-3H3,(H,31,32,33). The van der Waals surface area contributed by atoms with Crippen LogP contribution in [0.2, 0.25) is 5.02 Å². The topological polar surface area (TPSA) is 93.8 Å². The van der Waals surface area contributed by atoms with Crippen LogP contribution in [-0.4, -0.2) is 25.9 Å². The molecule has 3 heterocycles. The molecule has 0 atom stereocenters. The van der Waals surface area contributed by atoms with E-state index < -0.39 is 0 Å². The molecule has 0 aliphatic heterocycles. The molecule has 0 unspecified atom stereocenters. The molecule has 8 heteroatoms. The van der Waals surface area contributed by atoms with Gasteiger partial charge in [0.1, 0.15) is 11.6 Å². The Balaban J connectivity index is 1.55. The van der Waals surface area contributed by atoms with Gasteiger partial charge >= 0.3 is 0 Å². The summed E-state index contributed by atoms with van der Waals surface area (Å²) in [4.78, 5) is 26.7. The lowest BCUT2D eigenvalue weighted by molar-refractivity contribution is 0.0983. The number of nitrogens with one attached hydrogen (secondary N) is 1. The van der Waals surface area contributed by atoms with E-state index in [1.165, 1.54) is 0 Å². The second kappa shape index (κ2) is 9.87. The molecule has 0 amide bonds. The Labute approximate surface area is 213 Å². The van der Waals surface area contributed by atoms with E-state index >= 15 is 0 Å². The molecule has 0 aliphatic rings. The fraction of sp³-hybridized carbons (Fsp3) is 0.179. The third kappa shape index (κ3) is 4.97. The summed E-state index contributed by atoms with van der Waals surface area (Å²) < 4.78 is 5.36. The van der Waals surface area contributed by atoms with Crippen LogP contribution in [0.5, 0.6) is 0 Å². The number of halogens is 1. The average molecular weight is 498 g/mol. The minimum atomic E-state index is -0.178. The molecule has 7 nitrogen and oxygen atoms in total. The maximum absolute atomic E-state index is 13.1. The number of rotatable bonds is 7. The van der Waals surface area contributed by atoms with Crippen molar-refractivity contribution in [3.05, 3.63) is 99.9 Å². The minimum Gasteiger partial charge on any atom is -0.365 e.